The number of methoxy groups -OCH3 is 1. The highest BCUT2D eigenvalue weighted by molar-refractivity contribution is 6.12. The molecule has 2 N–H and O–H groups in total. The van der Waals surface area contributed by atoms with E-state index in [0.717, 1.165) is 5.69 Å². The first-order valence-corrected chi connectivity index (χ1v) is 7.98. The summed E-state index contributed by atoms with van der Waals surface area (Å²) in [5, 5.41) is 9.23. The highest BCUT2D eigenvalue weighted by atomic mass is 16.5. The highest BCUT2D eigenvalue weighted by Crippen LogP contribution is 2.19. The zero-order valence-electron chi connectivity index (χ0n) is 14.4. The van der Waals surface area contributed by atoms with Crippen LogP contribution in [0.3, 0.4) is 0 Å². The molecule has 1 atom stereocenters. The van der Waals surface area contributed by atoms with Crippen LogP contribution < -0.4 is 15.5 Å². The summed E-state index contributed by atoms with van der Waals surface area (Å²) in [5.41, 5.74) is 1.80. The first-order valence-electron chi connectivity index (χ1n) is 7.98. The molecule has 0 aliphatic carbocycles. The van der Waals surface area contributed by atoms with Crippen molar-refractivity contribution in [1.29, 1.82) is 0 Å². The minimum Gasteiger partial charge on any atom is -0.382 e. The Bertz CT molecular complexity index is 830. The number of nitrogens with zero attached hydrogens (tertiary/aromatic N) is 3. The summed E-state index contributed by atoms with van der Waals surface area (Å²) in [7, 11) is 3.36. The van der Waals surface area contributed by atoms with Gasteiger partial charge >= 0.3 is 6.03 Å². The second-order valence-electron chi connectivity index (χ2n) is 5.85. The number of hydrogen-bond acceptors (Lipinski definition) is 5. The van der Waals surface area contributed by atoms with Gasteiger partial charge in [0.25, 0.3) is 5.91 Å². The number of nitrogens with one attached hydrogen (secondary N) is 2. The van der Waals surface area contributed by atoms with Gasteiger partial charge in [-0.25, -0.2) is 4.79 Å². The van der Waals surface area contributed by atoms with Gasteiger partial charge in [0, 0.05) is 31.6 Å². The maximum Gasteiger partial charge on any atom is 0.329 e. The van der Waals surface area contributed by atoms with E-state index in [0.29, 0.717) is 17.9 Å². The van der Waals surface area contributed by atoms with E-state index in [-0.39, 0.29) is 24.4 Å². The summed E-state index contributed by atoms with van der Waals surface area (Å²) in [5.74, 6) is -0.628. The van der Waals surface area contributed by atoms with Crippen molar-refractivity contribution in [3.63, 3.8) is 0 Å². The minimum atomic E-state index is -0.469. The Balaban J connectivity index is 1.72. The van der Waals surface area contributed by atoms with Crippen LogP contribution in [0.15, 0.2) is 36.5 Å². The van der Waals surface area contributed by atoms with E-state index >= 15 is 0 Å². The lowest BCUT2D eigenvalue weighted by molar-refractivity contribution is -0.117. The van der Waals surface area contributed by atoms with Gasteiger partial charge in [-0.15, -0.1) is 0 Å². The Kier molecular flexibility index (Phi) is 4.99. The fourth-order valence-electron chi connectivity index (χ4n) is 2.78. The van der Waals surface area contributed by atoms with Crippen LogP contribution in [0, 0.1) is 0 Å². The molecule has 1 aliphatic heterocycles. The van der Waals surface area contributed by atoms with E-state index in [9.17, 15) is 14.4 Å². The second kappa shape index (κ2) is 7.36. The molecule has 2 heterocycles. The topological polar surface area (TPSA) is 106 Å². The molecule has 9 nitrogen and oxygen atoms in total. The molecular formula is C17H19N5O4. The van der Waals surface area contributed by atoms with Gasteiger partial charge in [0.15, 0.2) is 0 Å². The molecule has 4 amide bonds. The largest absolute Gasteiger partial charge is 0.382 e. The molecule has 1 saturated heterocycles. The minimum absolute atomic E-state index is 0.0270. The van der Waals surface area contributed by atoms with Crippen molar-refractivity contribution in [3.8, 4) is 0 Å². The molecule has 1 fully saturated rings. The fraction of sp³-hybridized carbons (Fsp3) is 0.294. The van der Waals surface area contributed by atoms with Crippen molar-refractivity contribution >= 4 is 23.5 Å². The first-order chi connectivity index (χ1) is 12.5. The van der Waals surface area contributed by atoms with Crippen LogP contribution in [0.4, 0.5) is 10.5 Å². The predicted molar refractivity (Wildman–Crippen MR) is 92.6 cm³/mol. The number of hydrogen-bond donors (Lipinski definition) is 2. The normalized spacial score (nSPS) is 15.1. The van der Waals surface area contributed by atoms with Gasteiger partial charge in [-0.05, 0) is 30.3 Å². The molecule has 3 rings (SSSR count). The third-order valence-corrected chi connectivity index (χ3v) is 4.09. The number of imide groups is 1. The molecule has 26 heavy (non-hydrogen) atoms. The van der Waals surface area contributed by atoms with E-state index < -0.39 is 6.03 Å². The lowest BCUT2D eigenvalue weighted by atomic mass is 10.1. The smallest absolute Gasteiger partial charge is 0.329 e. The maximum absolute atomic E-state index is 12.5. The van der Waals surface area contributed by atoms with E-state index in [1.807, 2.05) is 6.07 Å². The summed E-state index contributed by atoms with van der Waals surface area (Å²) in [4.78, 5) is 36.8. The van der Waals surface area contributed by atoms with Gasteiger partial charge in [-0.1, -0.05) is 0 Å². The molecule has 2 aromatic rings. The number of benzene rings is 1. The van der Waals surface area contributed by atoms with Crippen molar-refractivity contribution in [1.82, 2.24) is 20.4 Å². The van der Waals surface area contributed by atoms with Gasteiger partial charge < -0.3 is 10.1 Å². The van der Waals surface area contributed by atoms with Crippen molar-refractivity contribution in [3.05, 3.63) is 47.8 Å². The number of ether oxygens (including phenoxy) is 1. The van der Waals surface area contributed by atoms with Crippen molar-refractivity contribution in [2.75, 3.05) is 25.2 Å². The lowest BCUT2D eigenvalue weighted by Gasteiger charge is -2.19. The molecule has 0 radical (unpaired) electrons. The molecule has 0 unspecified atom stereocenters. The Hall–Kier alpha value is -3.20. The van der Waals surface area contributed by atoms with Crippen molar-refractivity contribution < 1.29 is 19.1 Å². The quantitative estimate of drug-likeness (QED) is 0.736. The lowest BCUT2D eigenvalue weighted by Crippen LogP contribution is -2.32. The Morgan fingerprint density at radius 2 is 2.04 bits per heavy atom. The Morgan fingerprint density at radius 3 is 2.58 bits per heavy atom. The third kappa shape index (κ3) is 3.57. The number of amides is 4. The number of anilines is 1. The Morgan fingerprint density at radius 1 is 1.31 bits per heavy atom. The van der Waals surface area contributed by atoms with Crippen LogP contribution in [0.5, 0.6) is 0 Å². The van der Waals surface area contributed by atoms with Gasteiger partial charge in [-0.3, -0.25) is 24.5 Å². The molecule has 0 saturated carbocycles. The van der Waals surface area contributed by atoms with E-state index in [2.05, 4.69) is 15.7 Å². The number of aromatic nitrogens is 2. The number of rotatable bonds is 6. The van der Waals surface area contributed by atoms with E-state index in [4.69, 9.17) is 4.74 Å². The zero-order chi connectivity index (χ0) is 18.7. The summed E-state index contributed by atoms with van der Waals surface area (Å²) < 4.78 is 6.87. The molecule has 1 aliphatic rings. The third-order valence-electron chi connectivity index (χ3n) is 4.09. The van der Waals surface area contributed by atoms with Gasteiger partial charge in [0.05, 0.1) is 18.3 Å². The number of carbonyl (C=O) groups excluding carboxylic acids is 3. The maximum atomic E-state index is 12.5. The molecular weight excluding hydrogens is 338 g/mol. The van der Waals surface area contributed by atoms with Crippen LogP contribution in [-0.4, -0.2) is 47.9 Å². The summed E-state index contributed by atoms with van der Waals surface area (Å²) in [6.07, 6.45) is 1.65. The monoisotopic (exact) mass is 357 g/mol. The van der Waals surface area contributed by atoms with Gasteiger partial charge in [0.1, 0.15) is 6.54 Å². The molecule has 136 valence electrons. The SMILES string of the molecule is COC[C@H](NC(=O)c1ccc(N2CC(=O)NC2=O)cc1)c1ccnn1C. The average Bonchev–Trinajstić information content (AvgIpc) is 3.19. The molecule has 1 aromatic carbocycles. The van der Waals surface area contributed by atoms with Crippen LogP contribution in [0.2, 0.25) is 0 Å². The molecule has 0 spiro atoms. The second-order valence-corrected chi connectivity index (χ2v) is 5.85. The standard InChI is InChI=1S/C17H19N5O4/c1-21-14(7-8-18-21)13(10-26-2)19-16(24)11-3-5-12(6-4-11)22-9-15(23)20-17(22)25/h3-8,13H,9-10H2,1-2H3,(H,19,24)(H,20,23,25)/t13-/m0/s1. The summed E-state index contributed by atoms with van der Waals surface area (Å²) in [6, 6.07) is 7.47. The summed E-state index contributed by atoms with van der Waals surface area (Å²) in [6.45, 7) is 0.278. The van der Waals surface area contributed by atoms with Crippen molar-refractivity contribution in [2.45, 2.75) is 6.04 Å². The number of urea groups is 1. The number of carbonyl (C=O) groups is 3. The molecule has 1 aromatic heterocycles. The zero-order valence-corrected chi connectivity index (χ0v) is 14.4. The van der Waals surface area contributed by atoms with Crippen LogP contribution in [-0.2, 0) is 16.6 Å². The Labute approximate surface area is 149 Å². The number of aryl methyl sites for hydroxylation is 1. The van der Waals surface area contributed by atoms with E-state index in [1.54, 1.807) is 49.3 Å². The van der Waals surface area contributed by atoms with Gasteiger partial charge in [-0.2, -0.15) is 5.10 Å². The van der Waals surface area contributed by atoms with Crippen LogP contribution in [0.25, 0.3) is 0 Å². The van der Waals surface area contributed by atoms with E-state index in [1.165, 1.54) is 4.90 Å². The van der Waals surface area contributed by atoms with Crippen LogP contribution in [0.1, 0.15) is 22.1 Å². The predicted octanol–water partition coefficient (Wildman–Crippen LogP) is 0.594. The van der Waals surface area contributed by atoms with Crippen LogP contribution >= 0.6 is 0 Å². The average molecular weight is 357 g/mol. The summed E-state index contributed by atoms with van der Waals surface area (Å²) >= 11 is 0. The van der Waals surface area contributed by atoms with Gasteiger partial charge in [0.2, 0.25) is 5.91 Å². The fourth-order valence-corrected chi connectivity index (χ4v) is 2.78. The highest BCUT2D eigenvalue weighted by Gasteiger charge is 2.28. The van der Waals surface area contributed by atoms with Crippen molar-refractivity contribution in [2.24, 2.45) is 7.05 Å². The molecule has 0 bridgehead atoms. The molecule has 9 heteroatoms. The first kappa shape index (κ1) is 17.6.